The van der Waals surface area contributed by atoms with Crippen LogP contribution in [0.5, 0.6) is 0 Å². The average Bonchev–Trinajstić information content (AvgIpc) is 2.39. The number of methoxy groups -OCH3 is 1. The first kappa shape index (κ1) is 15.7. The SMILES string of the molecule is CCN(CC(=O)c1ccc(F)c(F)c1)C(C)COC. The molecule has 0 bridgehead atoms. The van der Waals surface area contributed by atoms with E-state index < -0.39 is 11.6 Å². The highest BCUT2D eigenvalue weighted by molar-refractivity contribution is 5.97. The van der Waals surface area contributed by atoms with Gasteiger partial charge in [0.2, 0.25) is 0 Å². The molecule has 0 spiro atoms. The fraction of sp³-hybridized carbons (Fsp3) is 0.500. The molecule has 0 aliphatic rings. The van der Waals surface area contributed by atoms with Gasteiger partial charge in [0.05, 0.1) is 13.2 Å². The minimum absolute atomic E-state index is 0.0873. The summed E-state index contributed by atoms with van der Waals surface area (Å²) in [5, 5.41) is 0. The standard InChI is InChI=1S/C14H19F2NO2/c1-4-17(10(2)9-19-3)8-14(18)11-5-6-12(15)13(16)7-11/h5-7,10H,4,8-9H2,1-3H3. The molecule has 0 radical (unpaired) electrons. The van der Waals surface area contributed by atoms with Crippen molar-refractivity contribution in [3.05, 3.63) is 35.4 Å². The minimum atomic E-state index is -1.00. The van der Waals surface area contributed by atoms with E-state index in [1.807, 2.05) is 18.7 Å². The molecule has 1 aromatic carbocycles. The van der Waals surface area contributed by atoms with Crippen LogP contribution in [-0.2, 0) is 4.74 Å². The van der Waals surface area contributed by atoms with Crippen LogP contribution in [-0.4, -0.2) is 43.5 Å². The Labute approximate surface area is 112 Å². The second-order valence-corrected chi connectivity index (χ2v) is 4.42. The summed E-state index contributed by atoms with van der Waals surface area (Å²) < 4.78 is 30.9. The Morgan fingerprint density at radius 3 is 2.58 bits per heavy atom. The van der Waals surface area contributed by atoms with Gasteiger partial charge in [-0.05, 0) is 31.7 Å². The van der Waals surface area contributed by atoms with E-state index in [1.54, 1.807) is 7.11 Å². The number of hydrogen-bond donors (Lipinski definition) is 0. The fourth-order valence-electron chi connectivity index (χ4n) is 1.87. The highest BCUT2D eigenvalue weighted by Crippen LogP contribution is 2.11. The molecule has 1 atom stereocenters. The van der Waals surface area contributed by atoms with Crippen LogP contribution in [0, 0.1) is 11.6 Å². The second kappa shape index (κ2) is 7.31. The highest BCUT2D eigenvalue weighted by atomic mass is 19.2. The van der Waals surface area contributed by atoms with Crippen molar-refractivity contribution in [2.24, 2.45) is 0 Å². The third-order valence-electron chi connectivity index (χ3n) is 3.03. The number of Topliss-reactive ketones (excluding diaryl/α,β-unsaturated/α-hetero) is 1. The Hall–Kier alpha value is -1.33. The maximum Gasteiger partial charge on any atom is 0.176 e. The zero-order valence-electron chi connectivity index (χ0n) is 11.5. The van der Waals surface area contributed by atoms with E-state index in [0.717, 1.165) is 12.1 Å². The average molecular weight is 271 g/mol. The minimum Gasteiger partial charge on any atom is -0.383 e. The number of rotatable bonds is 7. The Kier molecular flexibility index (Phi) is 6.05. The molecule has 0 N–H and O–H groups in total. The van der Waals surface area contributed by atoms with Gasteiger partial charge >= 0.3 is 0 Å². The van der Waals surface area contributed by atoms with Crippen molar-refractivity contribution in [2.75, 3.05) is 26.8 Å². The lowest BCUT2D eigenvalue weighted by molar-refractivity contribution is 0.0787. The van der Waals surface area contributed by atoms with E-state index >= 15 is 0 Å². The molecule has 0 heterocycles. The quantitative estimate of drug-likeness (QED) is 0.714. The molecular weight excluding hydrogens is 252 g/mol. The van der Waals surface area contributed by atoms with E-state index in [-0.39, 0.29) is 23.9 Å². The van der Waals surface area contributed by atoms with Crippen LogP contribution < -0.4 is 0 Å². The number of ketones is 1. The second-order valence-electron chi connectivity index (χ2n) is 4.42. The van der Waals surface area contributed by atoms with Gasteiger partial charge in [0.15, 0.2) is 17.4 Å². The first-order valence-corrected chi connectivity index (χ1v) is 6.20. The number of nitrogens with zero attached hydrogens (tertiary/aromatic N) is 1. The summed E-state index contributed by atoms with van der Waals surface area (Å²) >= 11 is 0. The van der Waals surface area contributed by atoms with Gasteiger partial charge in [-0.15, -0.1) is 0 Å². The topological polar surface area (TPSA) is 29.5 Å². The summed E-state index contributed by atoms with van der Waals surface area (Å²) in [5.74, 6) is -2.18. The van der Waals surface area contributed by atoms with Crippen LogP contribution in [0.3, 0.4) is 0 Å². The number of carbonyl (C=O) groups excluding carboxylic acids is 1. The molecule has 19 heavy (non-hydrogen) atoms. The van der Waals surface area contributed by atoms with Crippen molar-refractivity contribution in [2.45, 2.75) is 19.9 Å². The van der Waals surface area contributed by atoms with Crippen LogP contribution in [0.25, 0.3) is 0 Å². The molecule has 106 valence electrons. The molecule has 5 heteroatoms. The van der Waals surface area contributed by atoms with Gasteiger partial charge in [0, 0.05) is 18.7 Å². The lowest BCUT2D eigenvalue weighted by atomic mass is 10.1. The normalized spacial score (nSPS) is 12.7. The van der Waals surface area contributed by atoms with Crippen molar-refractivity contribution >= 4 is 5.78 Å². The number of benzene rings is 1. The molecule has 0 fully saturated rings. The van der Waals surface area contributed by atoms with E-state index in [1.165, 1.54) is 6.07 Å². The smallest absolute Gasteiger partial charge is 0.176 e. The number of carbonyl (C=O) groups is 1. The molecule has 3 nitrogen and oxygen atoms in total. The molecular formula is C14H19F2NO2. The first-order chi connectivity index (χ1) is 8.99. The maximum atomic E-state index is 13.1. The Balaban J connectivity index is 2.74. The van der Waals surface area contributed by atoms with Gasteiger partial charge in [-0.1, -0.05) is 6.92 Å². The van der Waals surface area contributed by atoms with E-state index in [0.29, 0.717) is 13.2 Å². The Bertz CT molecular complexity index is 437. The van der Waals surface area contributed by atoms with E-state index in [2.05, 4.69) is 0 Å². The summed E-state index contributed by atoms with van der Waals surface area (Å²) in [6.07, 6.45) is 0. The zero-order valence-corrected chi connectivity index (χ0v) is 11.5. The van der Waals surface area contributed by atoms with Crippen LogP contribution in [0.4, 0.5) is 8.78 Å². The van der Waals surface area contributed by atoms with Crippen molar-refractivity contribution in [1.82, 2.24) is 4.90 Å². The summed E-state index contributed by atoms with van der Waals surface area (Å²) in [5.41, 5.74) is 0.182. The van der Waals surface area contributed by atoms with Gasteiger partial charge in [-0.25, -0.2) is 8.78 Å². The summed E-state index contributed by atoms with van der Waals surface area (Å²) in [4.78, 5) is 13.9. The van der Waals surface area contributed by atoms with Gasteiger partial charge in [-0.3, -0.25) is 9.69 Å². The molecule has 0 amide bonds. The predicted octanol–water partition coefficient (Wildman–Crippen LogP) is 2.50. The molecule has 0 aliphatic heterocycles. The molecule has 0 aliphatic carbocycles. The molecule has 1 aromatic rings. The van der Waals surface area contributed by atoms with Gasteiger partial charge < -0.3 is 4.74 Å². The largest absolute Gasteiger partial charge is 0.383 e. The molecule has 1 rings (SSSR count). The number of halogens is 2. The van der Waals surface area contributed by atoms with Crippen molar-refractivity contribution < 1.29 is 18.3 Å². The van der Waals surface area contributed by atoms with Crippen molar-refractivity contribution in [1.29, 1.82) is 0 Å². The molecule has 1 unspecified atom stereocenters. The fourth-order valence-corrected chi connectivity index (χ4v) is 1.87. The van der Waals surface area contributed by atoms with Crippen LogP contribution >= 0.6 is 0 Å². The van der Waals surface area contributed by atoms with Gasteiger partial charge in [0.1, 0.15) is 0 Å². The molecule has 0 saturated carbocycles. The number of likely N-dealkylation sites (N-methyl/N-ethyl adjacent to an activating group) is 1. The lowest BCUT2D eigenvalue weighted by Crippen LogP contribution is -2.39. The third kappa shape index (κ3) is 4.36. The number of hydrogen-bond acceptors (Lipinski definition) is 3. The molecule has 0 aromatic heterocycles. The molecule has 0 saturated heterocycles. The maximum absolute atomic E-state index is 13.1. The van der Waals surface area contributed by atoms with Gasteiger partial charge in [-0.2, -0.15) is 0 Å². The Morgan fingerprint density at radius 1 is 1.37 bits per heavy atom. The third-order valence-corrected chi connectivity index (χ3v) is 3.03. The zero-order chi connectivity index (χ0) is 14.4. The first-order valence-electron chi connectivity index (χ1n) is 6.20. The summed E-state index contributed by atoms with van der Waals surface area (Å²) in [7, 11) is 1.60. The summed E-state index contributed by atoms with van der Waals surface area (Å²) in [6, 6.07) is 3.30. The Morgan fingerprint density at radius 2 is 2.05 bits per heavy atom. The van der Waals surface area contributed by atoms with Crippen LogP contribution in [0.2, 0.25) is 0 Å². The predicted molar refractivity (Wildman–Crippen MR) is 69.3 cm³/mol. The highest BCUT2D eigenvalue weighted by Gasteiger charge is 2.17. The number of ether oxygens (including phenoxy) is 1. The van der Waals surface area contributed by atoms with Crippen LogP contribution in [0.15, 0.2) is 18.2 Å². The van der Waals surface area contributed by atoms with Crippen molar-refractivity contribution in [3.8, 4) is 0 Å². The lowest BCUT2D eigenvalue weighted by Gasteiger charge is -2.26. The van der Waals surface area contributed by atoms with Crippen LogP contribution in [0.1, 0.15) is 24.2 Å². The van der Waals surface area contributed by atoms with E-state index in [9.17, 15) is 13.6 Å². The van der Waals surface area contributed by atoms with Crippen molar-refractivity contribution in [3.63, 3.8) is 0 Å². The van der Waals surface area contributed by atoms with E-state index in [4.69, 9.17) is 4.74 Å². The van der Waals surface area contributed by atoms with Gasteiger partial charge in [0.25, 0.3) is 0 Å². The monoisotopic (exact) mass is 271 g/mol. The summed E-state index contributed by atoms with van der Waals surface area (Å²) in [6.45, 7) is 5.24.